The summed E-state index contributed by atoms with van der Waals surface area (Å²) >= 11 is 1.81. The molecule has 0 bridgehead atoms. The SMILES string of the molecule is CC(C)Sc1ccccc1N1CCC(NC(=O)C2(NC(=O)c3cc4ccccc4o3)CCCCC2)C(O)C1. The van der Waals surface area contributed by atoms with E-state index in [0.717, 1.165) is 36.9 Å². The zero-order chi connectivity index (χ0) is 26.7. The molecule has 3 aromatic rings. The van der Waals surface area contributed by atoms with Gasteiger partial charge in [0.2, 0.25) is 5.91 Å². The number of carbonyl (C=O) groups excluding carboxylic acids is 2. The maximum Gasteiger partial charge on any atom is 0.287 e. The zero-order valence-corrected chi connectivity index (χ0v) is 22.9. The van der Waals surface area contributed by atoms with Crippen molar-refractivity contribution in [1.82, 2.24) is 10.6 Å². The van der Waals surface area contributed by atoms with E-state index in [0.29, 0.717) is 36.6 Å². The predicted octanol–water partition coefficient (Wildman–Crippen LogP) is 5.12. The summed E-state index contributed by atoms with van der Waals surface area (Å²) in [5.74, 6) is -0.391. The van der Waals surface area contributed by atoms with Crippen molar-refractivity contribution in [2.24, 2.45) is 0 Å². The molecule has 0 spiro atoms. The molecule has 2 amide bonds. The summed E-state index contributed by atoms with van der Waals surface area (Å²) in [5.41, 5.74) is 0.756. The Labute approximate surface area is 228 Å². The fraction of sp³-hybridized carbons (Fsp3) is 0.467. The van der Waals surface area contributed by atoms with Crippen LogP contribution in [0, 0.1) is 0 Å². The Balaban J connectivity index is 1.27. The normalized spacial score (nSPS) is 21.4. The number of furan rings is 1. The van der Waals surface area contributed by atoms with E-state index in [1.807, 2.05) is 48.2 Å². The molecular formula is C30H37N3O4S. The maximum atomic E-state index is 13.7. The fourth-order valence-electron chi connectivity index (χ4n) is 5.63. The van der Waals surface area contributed by atoms with Gasteiger partial charge in [-0.3, -0.25) is 9.59 Å². The van der Waals surface area contributed by atoms with Gasteiger partial charge >= 0.3 is 0 Å². The molecule has 1 saturated heterocycles. The molecule has 1 aromatic heterocycles. The van der Waals surface area contributed by atoms with Crippen molar-refractivity contribution in [3.63, 3.8) is 0 Å². The Hall–Kier alpha value is -2.97. The third kappa shape index (κ3) is 5.71. The zero-order valence-electron chi connectivity index (χ0n) is 22.1. The number of aliphatic hydroxyl groups excluding tert-OH is 1. The highest BCUT2D eigenvalue weighted by atomic mass is 32.2. The van der Waals surface area contributed by atoms with Crippen molar-refractivity contribution in [1.29, 1.82) is 0 Å². The Morgan fingerprint density at radius 1 is 1.08 bits per heavy atom. The summed E-state index contributed by atoms with van der Waals surface area (Å²) < 4.78 is 5.76. The number of benzene rings is 2. The number of para-hydroxylation sites is 2. The second-order valence-corrected chi connectivity index (χ2v) is 12.4. The highest BCUT2D eigenvalue weighted by molar-refractivity contribution is 8.00. The number of nitrogens with one attached hydrogen (secondary N) is 2. The molecular weight excluding hydrogens is 498 g/mol. The average molecular weight is 536 g/mol. The van der Waals surface area contributed by atoms with Gasteiger partial charge in [-0.25, -0.2) is 0 Å². The first kappa shape index (κ1) is 26.6. The van der Waals surface area contributed by atoms with Crippen LogP contribution in [0.15, 0.2) is 63.9 Å². The van der Waals surface area contributed by atoms with Crippen molar-refractivity contribution in [3.05, 3.63) is 60.4 Å². The minimum Gasteiger partial charge on any atom is -0.451 e. The van der Waals surface area contributed by atoms with E-state index in [-0.39, 0.29) is 23.6 Å². The van der Waals surface area contributed by atoms with E-state index in [4.69, 9.17) is 4.42 Å². The number of carbonyl (C=O) groups is 2. The lowest BCUT2D eigenvalue weighted by molar-refractivity contribution is -0.130. The predicted molar refractivity (Wildman–Crippen MR) is 152 cm³/mol. The monoisotopic (exact) mass is 535 g/mol. The Bertz CT molecular complexity index is 1250. The number of aliphatic hydroxyl groups is 1. The first-order valence-electron chi connectivity index (χ1n) is 13.7. The number of hydrogen-bond acceptors (Lipinski definition) is 6. The van der Waals surface area contributed by atoms with E-state index < -0.39 is 11.6 Å². The van der Waals surface area contributed by atoms with Crippen LogP contribution >= 0.6 is 11.8 Å². The summed E-state index contributed by atoms with van der Waals surface area (Å²) in [7, 11) is 0. The van der Waals surface area contributed by atoms with E-state index in [2.05, 4.69) is 41.5 Å². The maximum absolute atomic E-state index is 13.7. The van der Waals surface area contributed by atoms with Gasteiger partial charge in [-0.15, -0.1) is 11.8 Å². The van der Waals surface area contributed by atoms with E-state index >= 15 is 0 Å². The van der Waals surface area contributed by atoms with Crippen molar-refractivity contribution in [2.45, 2.75) is 80.2 Å². The summed E-state index contributed by atoms with van der Waals surface area (Å²) in [5, 5.41) is 18.5. The van der Waals surface area contributed by atoms with Gasteiger partial charge in [-0.2, -0.15) is 0 Å². The molecule has 2 unspecified atom stereocenters. The minimum atomic E-state index is -1.01. The summed E-state index contributed by atoms with van der Waals surface area (Å²) in [6, 6.07) is 17.1. The van der Waals surface area contributed by atoms with Gasteiger partial charge in [0.25, 0.3) is 5.91 Å². The number of amides is 2. The third-order valence-corrected chi connectivity index (χ3v) is 8.68. The molecule has 2 aromatic carbocycles. The van der Waals surface area contributed by atoms with Crippen LogP contribution < -0.4 is 15.5 Å². The molecule has 2 fully saturated rings. The molecule has 7 nitrogen and oxygen atoms in total. The largest absolute Gasteiger partial charge is 0.451 e. The number of anilines is 1. The molecule has 38 heavy (non-hydrogen) atoms. The topological polar surface area (TPSA) is 94.8 Å². The van der Waals surface area contributed by atoms with Crippen LogP contribution in [0.25, 0.3) is 11.0 Å². The van der Waals surface area contributed by atoms with E-state index in [1.165, 1.54) is 4.90 Å². The lowest BCUT2D eigenvalue weighted by Gasteiger charge is -2.41. The molecule has 8 heteroatoms. The molecule has 2 aliphatic rings. The number of nitrogens with zero attached hydrogens (tertiary/aromatic N) is 1. The second kappa shape index (κ2) is 11.4. The first-order valence-corrected chi connectivity index (χ1v) is 14.5. The van der Waals surface area contributed by atoms with Crippen LogP contribution in [0.1, 0.15) is 62.9 Å². The Morgan fingerprint density at radius 2 is 1.82 bits per heavy atom. The van der Waals surface area contributed by atoms with Crippen LogP contribution in [0.4, 0.5) is 5.69 Å². The number of β-amino-alcohol motifs (C(OH)–C–C–N with tert-alkyl or cyclic N) is 1. The van der Waals surface area contributed by atoms with Gasteiger partial charge in [0.1, 0.15) is 11.1 Å². The van der Waals surface area contributed by atoms with Crippen LogP contribution in [0.5, 0.6) is 0 Å². The fourth-order valence-corrected chi connectivity index (χ4v) is 6.62. The van der Waals surface area contributed by atoms with Crippen molar-refractivity contribution in [3.8, 4) is 0 Å². The van der Waals surface area contributed by atoms with Crippen LogP contribution in [0.3, 0.4) is 0 Å². The van der Waals surface area contributed by atoms with Gasteiger partial charge in [0.05, 0.1) is 17.8 Å². The smallest absolute Gasteiger partial charge is 0.287 e. The molecule has 2 atom stereocenters. The summed E-state index contributed by atoms with van der Waals surface area (Å²) in [6.45, 7) is 5.52. The van der Waals surface area contributed by atoms with Crippen LogP contribution in [-0.4, -0.2) is 52.9 Å². The van der Waals surface area contributed by atoms with Gasteiger partial charge < -0.3 is 25.1 Å². The molecule has 0 radical (unpaired) electrons. The first-order chi connectivity index (χ1) is 18.3. The van der Waals surface area contributed by atoms with Crippen molar-refractivity contribution < 1.29 is 19.1 Å². The van der Waals surface area contributed by atoms with Crippen LogP contribution in [0.2, 0.25) is 0 Å². The molecule has 1 aliphatic heterocycles. The van der Waals surface area contributed by atoms with Crippen LogP contribution in [-0.2, 0) is 4.79 Å². The van der Waals surface area contributed by atoms with E-state index in [9.17, 15) is 14.7 Å². The van der Waals surface area contributed by atoms with Gasteiger partial charge in [-0.05, 0) is 43.5 Å². The van der Waals surface area contributed by atoms with Crippen molar-refractivity contribution >= 4 is 40.2 Å². The van der Waals surface area contributed by atoms with Crippen molar-refractivity contribution in [2.75, 3.05) is 18.0 Å². The second-order valence-electron chi connectivity index (χ2n) is 10.8. The lowest BCUT2D eigenvalue weighted by Crippen LogP contribution is -2.64. The van der Waals surface area contributed by atoms with Gasteiger partial charge in [-0.1, -0.05) is 63.4 Å². The molecule has 3 N–H and O–H groups in total. The van der Waals surface area contributed by atoms with Gasteiger partial charge in [0, 0.05) is 28.6 Å². The number of piperidine rings is 1. The summed E-state index contributed by atoms with van der Waals surface area (Å²) in [6.07, 6.45) is 3.81. The van der Waals surface area contributed by atoms with E-state index in [1.54, 1.807) is 6.07 Å². The minimum absolute atomic E-state index is 0.204. The summed E-state index contributed by atoms with van der Waals surface area (Å²) in [4.78, 5) is 30.3. The van der Waals surface area contributed by atoms with Gasteiger partial charge in [0.15, 0.2) is 5.76 Å². The molecule has 202 valence electrons. The number of thioether (sulfide) groups is 1. The average Bonchev–Trinajstić information content (AvgIpc) is 3.35. The Morgan fingerprint density at radius 3 is 2.55 bits per heavy atom. The number of fused-ring (bicyclic) bond motifs is 1. The number of hydrogen-bond donors (Lipinski definition) is 3. The highest BCUT2D eigenvalue weighted by Crippen LogP contribution is 2.35. The Kier molecular flexibility index (Phi) is 8.00. The molecule has 2 heterocycles. The quantitative estimate of drug-likeness (QED) is 0.364. The molecule has 5 rings (SSSR count). The molecule has 1 aliphatic carbocycles. The molecule has 1 saturated carbocycles. The third-order valence-electron chi connectivity index (χ3n) is 7.61. The highest BCUT2D eigenvalue weighted by Gasteiger charge is 2.43. The number of rotatable bonds is 7. The lowest BCUT2D eigenvalue weighted by atomic mass is 9.80. The standard InChI is InChI=1S/C30H37N3O4S/c1-20(2)38-27-13-7-5-11-23(27)33-17-14-22(24(34)19-33)31-29(36)30(15-8-3-9-16-30)32-28(35)26-18-21-10-4-6-12-25(21)37-26/h4-7,10-13,18,20,22,24,34H,3,8-9,14-17,19H2,1-2H3,(H,31,36)(H,32,35).